The van der Waals surface area contributed by atoms with Crippen LogP contribution in [0.3, 0.4) is 0 Å². The Morgan fingerprint density at radius 1 is 1.18 bits per heavy atom. The first-order valence-electron chi connectivity index (χ1n) is 11.6. The normalized spacial score (nSPS) is 14.2. The summed E-state index contributed by atoms with van der Waals surface area (Å²) in [5.41, 5.74) is 1.93. The number of H-pyrrole nitrogens is 1. The standard InChI is InChI=1S/C24H31N7O2S/c1-3-33-20-8-6-18(7-9-20)23-27-28-24(34)31(23)12-10-21(32)26-17-19-5-4-11-25-22(19)30-15-13-29(2)14-16-30/h4-9,11H,3,10,12-17H2,1-2H3,(H,26,32)(H,28,34). The van der Waals surface area contributed by atoms with Gasteiger partial charge in [0.1, 0.15) is 11.6 Å². The molecule has 0 aliphatic carbocycles. The topological polar surface area (TPSA) is 91.3 Å². The summed E-state index contributed by atoms with van der Waals surface area (Å²) in [5, 5.41) is 10.2. The molecule has 1 amide bonds. The number of piperazine rings is 1. The third-order valence-electron chi connectivity index (χ3n) is 5.89. The van der Waals surface area contributed by atoms with Crippen molar-refractivity contribution in [1.82, 2.24) is 30.0 Å². The van der Waals surface area contributed by atoms with E-state index in [1.54, 1.807) is 0 Å². The van der Waals surface area contributed by atoms with E-state index < -0.39 is 0 Å². The molecule has 180 valence electrons. The molecule has 0 bridgehead atoms. The maximum absolute atomic E-state index is 12.7. The summed E-state index contributed by atoms with van der Waals surface area (Å²) in [6, 6.07) is 11.6. The van der Waals surface area contributed by atoms with Gasteiger partial charge in [-0.1, -0.05) is 6.07 Å². The summed E-state index contributed by atoms with van der Waals surface area (Å²) in [7, 11) is 2.13. The number of nitrogens with one attached hydrogen (secondary N) is 2. The number of aromatic nitrogens is 4. The fourth-order valence-electron chi connectivity index (χ4n) is 3.98. The van der Waals surface area contributed by atoms with Gasteiger partial charge in [-0.05, 0) is 56.5 Å². The molecule has 3 aromatic rings. The van der Waals surface area contributed by atoms with Crippen LogP contribution in [0.2, 0.25) is 0 Å². The first-order valence-corrected chi connectivity index (χ1v) is 12.0. The second-order valence-corrected chi connectivity index (χ2v) is 8.65. The molecule has 0 saturated carbocycles. The van der Waals surface area contributed by atoms with Gasteiger partial charge in [-0.25, -0.2) is 4.98 Å². The van der Waals surface area contributed by atoms with E-state index in [0.717, 1.165) is 48.9 Å². The highest BCUT2D eigenvalue weighted by Crippen LogP contribution is 2.22. The maximum Gasteiger partial charge on any atom is 0.222 e. The number of rotatable bonds is 9. The molecule has 1 fully saturated rings. The molecule has 1 saturated heterocycles. The molecule has 2 aromatic heterocycles. The Bertz CT molecular complexity index is 1150. The highest BCUT2D eigenvalue weighted by atomic mass is 32.1. The van der Waals surface area contributed by atoms with E-state index in [9.17, 15) is 4.79 Å². The zero-order valence-corrected chi connectivity index (χ0v) is 20.5. The van der Waals surface area contributed by atoms with Crippen LogP contribution in [-0.4, -0.2) is 70.4 Å². The van der Waals surface area contributed by atoms with Gasteiger partial charge in [-0.15, -0.1) is 0 Å². The summed E-state index contributed by atoms with van der Waals surface area (Å²) < 4.78 is 7.85. The van der Waals surface area contributed by atoms with E-state index >= 15 is 0 Å². The number of nitrogens with zero attached hydrogens (tertiary/aromatic N) is 5. The van der Waals surface area contributed by atoms with Gasteiger partial charge in [0, 0.05) is 63.0 Å². The second-order valence-electron chi connectivity index (χ2n) is 8.26. The van der Waals surface area contributed by atoms with Crippen LogP contribution < -0.4 is 15.0 Å². The fraction of sp³-hybridized carbons (Fsp3) is 0.417. The van der Waals surface area contributed by atoms with Gasteiger partial charge in [0.25, 0.3) is 0 Å². The minimum absolute atomic E-state index is 0.0473. The van der Waals surface area contributed by atoms with Gasteiger partial charge in [0.05, 0.1) is 6.61 Å². The maximum atomic E-state index is 12.7. The summed E-state index contributed by atoms with van der Waals surface area (Å²) >= 11 is 5.40. The minimum atomic E-state index is -0.0473. The average Bonchev–Trinajstić information content (AvgIpc) is 3.23. The highest BCUT2D eigenvalue weighted by Gasteiger charge is 2.18. The Labute approximate surface area is 204 Å². The molecule has 10 heteroatoms. The molecule has 0 unspecified atom stereocenters. The van der Waals surface area contributed by atoms with Crippen LogP contribution in [-0.2, 0) is 17.9 Å². The first kappa shape index (κ1) is 23.9. The quantitative estimate of drug-likeness (QED) is 0.454. The van der Waals surface area contributed by atoms with Gasteiger partial charge in [-0.2, -0.15) is 5.10 Å². The zero-order valence-electron chi connectivity index (χ0n) is 19.7. The smallest absolute Gasteiger partial charge is 0.222 e. The van der Waals surface area contributed by atoms with Crippen molar-refractivity contribution < 1.29 is 9.53 Å². The molecule has 1 aromatic carbocycles. The molecule has 0 atom stereocenters. The third-order valence-corrected chi connectivity index (χ3v) is 6.20. The lowest BCUT2D eigenvalue weighted by Gasteiger charge is -2.34. The van der Waals surface area contributed by atoms with Gasteiger partial charge >= 0.3 is 0 Å². The van der Waals surface area contributed by atoms with E-state index in [2.05, 4.69) is 37.3 Å². The number of likely N-dealkylation sites (N-methyl/N-ethyl adjacent to an activating group) is 1. The van der Waals surface area contributed by atoms with Crippen LogP contribution in [0.4, 0.5) is 5.82 Å². The number of ether oxygens (including phenoxy) is 1. The van der Waals surface area contributed by atoms with Crippen molar-refractivity contribution in [1.29, 1.82) is 0 Å². The molecule has 9 nitrogen and oxygen atoms in total. The van der Waals surface area contributed by atoms with Crippen LogP contribution in [0.15, 0.2) is 42.6 Å². The average molecular weight is 482 g/mol. The first-order chi connectivity index (χ1) is 16.5. The SMILES string of the molecule is CCOc1ccc(-c2n[nH]c(=S)n2CCC(=O)NCc2cccnc2N2CCN(C)CC2)cc1. The van der Waals surface area contributed by atoms with Crippen LogP contribution in [0, 0.1) is 4.77 Å². The highest BCUT2D eigenvalue weighted by molar-refractivity contribution is 7.71. The second kappa shape index (κ2) is 11.3. The predicted octanol–water partition coefficient (Wildman–Crippen LogP) is 2.86. The van der Waals surface area contributed by atoms with Crippen LogP contribution in [0.25, 0.3) is 11.4 Å². The van der Waals surface area contributed by atoms with E-state index in [-0.39, 0.29) is 5.91 Å². The van der Waals surface area contributed by atoms with Crippen molar-refractivity contribution in [3.8, 4) is 17.1 Å². The van der Waals surface area contributed by atoms with Gasteiger partial charge in [-0.3, -0.25) is 14.5 Å². The van der Waals surface area contributed by atoms with Crippen LogP contribution in [0.1, 0.15) is 18.9 Å². The van der Waals surface area contributed by atoms with Crippen molar-refractivity contribution in [3.63, 3.8) is 0 Å². The zero-order chi connectivity index (χ0) is 23.9. The van der Waals surface area contributed by atoms with Crippen LogP contribution >= 0.6 is 12.2 Å². The Balaban J connectivity index is 1.36. The summed E-state index contributed by atoms with van der Waals surface area (Å²) in [4.78, 5) is 21.9. The van der Waals surface area contributed by atoms with Crippen LogP contribution in [0.5, 0.6) is 5.75 Å². The number of amides is 1. The summed E-state index contributed by atoms with van der Waals surface area (Å²) in [6.45, 7) is 7.31. The Morgan fingerprint density at radius 3 is 2.68 bits per heavy atom. The van der Waals surface area contributed by atoms with E-state index in [1.165, 1.54) is 0 Å². The fourth-order valence-corrected chi connectivity index (χ4v) is 4.20. The minimum Gasteiger partial charge on any atom is -0.494 e. The molecule has 1 aliphatic rings. The van der Waals surface area contributed by atoms with Crippen molar-refractivity contribution in [2.75, 3.05) is 44.7 Å². The van der Waals surface area contributed by atoms with E-state index in [4.69, 9.17) is 17.0 Å². The number of hydrogen-bond donors (Lipinski definition) is 2. The number of pyridine rings is 1. The Kier molecular flexibility index (Phi) is 7.91. The number of carbonyl (C=O) groups excluding carboxylic acids is 1. The molecule has 34 heavy (non-hydrogen) atoms. The number of aromatic amines is 1. The summed E-state index contributed by atoms with van der Waals surface area (Å²) in [5.74, 6) is 2.41. The van der Waals surface area contributed by atoms with E-state index in [0.29, 0.717) is 36.7 Å². The molecule has 0 spiro atoms. The predicted molar refractivity (Wildman–Crippen MR) is 134 cm³/mol. The monoisotopic (exact) mass is 481 g/mol. The number of benzene rings is 1. The molecule has 1 aliphatic heterocycles. The Morgan fingerprint density at radius 2 is 1.94 bits per heavy atom. The number of carbonyl (C=O) groups is 1. The number of anilines is 1. The largest absolute Gasteiger partial charge is 0.494 e. The van der Waals surface area contributed by atoms with Crippen molar-refractivity contribution in [2.45, 2.75) is 26.4 Å². The lowest BCUT2D eigenvalue weighted by atomic mass is 10.2. The number of hydrogen-bond acceptors (Lipinski definition) is 7. The Hall–Kier alpha value is -3.24. The van der Waals surface area contributed by atoms with Crippen molar-refractivity contribution in [2.24, 2.45) is 0 Å². The molecular weight excluding hydrogens is 450 g/mol. The molecule has 0 radical (unpaired) electrons. The van der Waals surface area contributed by atoms with Crippen molar-refractivity contribution >= 4 is 23.9 Å². The third kappa shape index (κ3) is 5.81. The molecule has 4 rings (SSSR count). The molecule has 3 heterocycles. The molecular formula is C24H31N7O2S. The lowest BCUT2D eigenvalue weighted by Crippen LogP contribution is -2.45. The molecule has 2 N–H and O–H groups in total. The van der Waals surface area contributed by atoms with E-state index in [1.807, 2.05) is 54.1 Å². The van der Waals surface area contributed by atoms with Gasteiger partial charge in [0.2, 0.25) is 5.91 Å². The van der Waals surface area contributed by atoms with Gasteiger partial charge in [0.15, 0.2) is 10.6 Å². The van der Waals surface area contributed by atoms with Gasteiger partial charge < -0.3 is 19.9 Å². The lowest BCUT2D eigenvalue weighted by molar-refractivity contribution is -0.121. The van der Waals surface area contributed by atoms with Crippen molar-refractivity contribution in [3.05, 3.63) is 52.9 Å². The summed E-state index contributed by atoms with van der Waals surface area (Å²) in [6.07, 6.45) is 2.10.